The zero-order valence-corrected chi connectivity index (χ0v) is 16.1. The highest BCUT2D eigenvalue weighted by atomic mass is 16.5. The summed E-state index contributed by atoms with van der Waals surface area (Å²) in [7, 11) is 0. The number of benzene rings is 3. The first kappa shape index (κ1) is 18.5. The minimum atomic E-state index is -0.166. The first-order valence-electron chi connectivity index (χ1n) is 9.40. The van der Waals surface area contributed by atoms with Gasteiger partial charge >= 0.3 is 0 Å². The largest absolute Gasteiger partial charge is 0.457 e. The van der Waals surface area contributed by atoms with E-state index in [-0.39, 0.29) is 5.91 Å². The SMILES string of the molecule is Cc1ccccc1C(=O)Nc1ccn(Cc2ccccc2Oc2ccccc2)n1. The van der Waals surface area contributed by atoms with E-state index in [0.717, 1.165) is 22.6 Å². The molecular weight excluding hydrogens is 362 g/mol. The van der Waals surface area contributed by atoms with Gasteiger partial charge in [0.25, 0.3) is 5.91 Å². The lowest BCUT2D eigenvalue weighted by molar-refractivity contribution is 0.102. The molecule has 0 atom stereocenters. The summed E-state index contributed by atoms with van der Waals surface area (Å²) in [5.74, 6) is 1.91. The van der Waals surface area contributed by atoms with Gasteiger partial charge in [-0.05, 0) is 36.8 Å². The van der Waals surface area contributed by atoms with Gasteiger partial charge in [-0.25, -0.2) is 0 Å². The van der Waals surface area contributed by atoms with Crippen LogP contribution in [-0.4, -0.2) is 15.7 Å². The Morgan fingerprint density at radius 3 is 2.48 bits per heavy atom. The van der Waals surface area contributed by atoms with Crippen LogP contribution in [0.2, 0.25) is 0 Å². The molecule has 4 rings (SSSR count). The molecule has 0 aliphatic carbocycles. The molecule has 0 saturated carbocycles. The molecule has 0 spiro atoms. The molecule has 0 saturated heterocycles. The van der Waals surface area contributed by atoms with Crippen LogP contribution in [0, 0.1) is 6.92 Å². The van der Waals surface area contributed by atoms with Crippen LogP contribution in [0.4, 0.5) is 5.82 Å². The van der Waals surface area contributed by atoms with E-state index in [1.54, 1.807) is 16.8 Å². The van der Waals surface area contributed by atoms with Gasteiger partial charge in [-0.3, -0.25) is 9.48 Å². The topological polar surface area (TPSA) is 56.2 Å². The number of aryl methyl sites for hydroxylation is 1. The quantitative estimate of drug-likeness (QED) is 0.492. The second kappa shape index (κ2) is 8.44. The third-order valence-corrected chi connectivity index (χ3v) is 4.55. The molecule has 1 aromatic heterocycles. The lowest BCUT2D eigenvalue weighted by Crippen LogP contribution is -2.14. The van der Waals surface area contributed by atoms with Crippen molar-refractivity contribution in [3.63, 3.8) is 0 Å². The van der Waals surface area contributed by atoms with Gasteiger partial charge in [0.15, 0.2) is 5.82 Å². The van der Waals surface area contributed by atoms with Crippen molar-refractivity contribution in [2.45, 2.75) is 13.5 Å². The number of nitrogens with zero attached hydrogens (tertiary/aromatic N) is 2. The number of anilines is 1. The van der Waals surface area contributed by atoms with E-state index in [1.165, 1.54) is 0 Å². The number of para-hydroxylation sites is 2. The molecule has 3 aromatic carbocycles. The highest BCUT2D eigenvalue weighted by Gasteiger charge is 2.11. The molecular formula is C24H21N3O2. The fraction of sp³-hybridized carbons (Fsp3) is 0.0833. The normalized spacial score (nSPS) is 10.5. The molecule has 0 aliphatic heterocycles. The van der Waals surface area contributed by atoms with Crippen molar-refractivity contribution < 1.29 is 9.53 Å². The highest BCUT2D eigenvalue weighted by molar-refractivity contribution is 6.04. The number of carbonyl (C=O) groups excluding carboxylic acids is 1. The molecule has 5 heteroatoms. The van der Waals surface area contributed by atoms with Crippen LogP contribution in [0.25, 0.3) is 0 Å². The smallest absolute Gasteiger partial charge is 0.257 e. The fourth-order valence-electron chi connectivity index (χ4n) is 3.05. The average Bonchev–Trinajstić information content (AvgIpc) is 3.17. The highest BCUT2D eigenvalue weighted by Crippen LogP contribution is 2.25. The number of amides is 1. The minimum Gasteiger partial charge on any atom is -0.457 e. The molecule has 5 nitrogen and oxygen atoms in total. The number of hydrogen-bond acceptors (Lipinski definition) is 3. The number of nitrogens with one attached hydrogen (secondary N) is 1. The van der Waals surface area contributed by atoms with Gasteiger partial charge in [-0.1, -0.05) is 54.6 Å². The van der Waals surface area contributed by atoms with Crippen molar-refractivity contribution >= 4 is 11.7 Å². The van der Waals surface area contributed by atoms with Crippen LogP contribution in [0.3, 0.4) is 0 Å². The lowest BCUT2D eigenvalue weighted by Gasteiger charge is -2.11. The number of ether oxygens (including phenoxy) is 1. The minimum absolute atomic E-state index is 0.166. The Morgan fingerprint density at radius 2 is 1.66 bits per heavy atom. The van der Waals surface area contributed by atoms with E-state index in [9.17, 15) is 4.79 Å². The summed E-state index contributed by atoms with van der Waals surface area (Å²) >= 11 is 0. The Labute approximate surface area is 169 Å². The zero-order chi connectivity index (χ0) is 20.1. The third-order valence-electron chi connectivity index (χ3n) is 4.55. The number of aromatic nitrogens is 2. The van der Waals surface area contributed by atoms with Crippen molar-refractivity contribution in [2.24, 2.45) is 0 Å². The van der Waals surface area contributed by atoms with Gasteiger partial charge in [-0.15, -0.1) is 0 Å². The van der Waals surface area contributed by atoms with Crippen molar-refractivity contribution in [2.75, 3.05) is 5.32 Å². The maximum atomic E-state index is 12.5. The van der Waals surface area contributed by atoms with Crippen molar-refractivity contribution in [1.29, 1.82) is 0 Å². The third kappa shape index (κ3) is 4.52. The average molecular weight is 383 g/mol. The van der Waals surface area contributed by atoms with E-state index in [0.29, 0.717) is 17.9 Å². The number of rotatable bonds is 6. The summed E-state index contributed by atoms with van der Waals surface area (Å²) < 4.78 is 7.79. The van der Waals surface area contributed by atoms with Crippen molar-refractivity contribution in [1.82, 2.24) is 9.78 Å². The molecule has 4 aromatic rings. The summed E-state index contributed by atoms with van der Waals surface area (Å²) in [6, 6.07) is 26.8. The van der Waals surface area contributed by atoms with Gasteiger partial charge in [0.05, 0.1) is 6.54 Å². The summed E-state index contributed by atoms with van der Waals surface area (Å²) in [6.45, 7) is 2.44. The van der Waals surface area contributed by atoms with E-state index in [1.807, 2.05) is 85.9 Å². The van der Waals surface area contributed by atoms with Crippen LogP contribution >= 0.6 is 0 Å². The Kier molecular flexibility index (Phi) is 5.38. The predicted octanol–water partition coefficient (Wildman–Crippen LogP) is 5.28. The summed E-state index contributed by atoms with van der Waals surface area (Å²) in [6.07, 6.45) is 1.84. The molecule has 0 radical (unpaired) electrons. The number of hydrogen-bond donors (Lipinski definition) is 1. The Balaban J connectivity index is 1.47. The van der Waals surface area contributed by atoms with Crippen LogP contribution in [0.5, 0.6) is 11.5 Å². The Morgan fingerprint density at radius 1 is 0.931 bits per heavy atom. The molecule has 0 fully saturated rings. The van der Waals surface area contributed by atoms with Gasteiger partial charge in [0, 0.05) is 23.4 Å². The second-order valence-electron chi connectivity index (χ2n) is 6.69. The first-order chi connectivity index (χ1) is 14.2. The maximum Gasteiger partial charge on any atom is 0.257 e. The molecule has 29 heavy (non-hydrogen) atoms. The van der Waals surface area contributed by atoms with Crippen molar-refractivity contribution in [3.05, 3.63) is 108 Å². The number of carbonyl (C=O) groups is 1. The van der Waals surface area contributed by atoms with E-state index in [4.69, 9.17) is 4.74 Å². The predicted molar refractivity (Wildman–Crippen MR) is 113 cm³/mol. The van der Waals surface area contributed by atoms with Gasteiger partial charge in [0.2, 0.25) is 0 Å². The molecule has 1 heterocycles. The zero-order valence-electron chi connectivity index (χ0n) is 16.1. The van der Waals surface area contributed by atoms with Crippen LogP contribution in [0.1, 0.15) is 21.5 Å². The second-order valence-corrected chi connectivity index (χ2v) is 6.69. The van der Waals surface area contributed by atoms with Gasteiger partial charge in [-0.2, -0.15) is 5.10 Å². The summed E-state index contributed by atoms with van der Waals surface area (Å²) in [5, 5.41) is 7.34. The summed E-state index contributed by atoms with van der Waals surface area (Å²) in [5.41, 5.74) is 2.57. The first-order valence-corrected chi connectivity index (χ1v) is 9.40. The van der Waals surface area contributed by atoms with E-state index >= 15 is 0 Å². The van der Waals surface area contributed by atoms with Crippen LogP contribution in [-0.2, 0) is 6.54 Å². The molecule has 1 N–H and O–H groups in total. The van der Waals surface area contributed by atoms with Crippen molar-refractivity contribution in [3.8, 4) is 11.5 Å². The summed E-state index contributed by atoms with van der Waals surface area (Å²) in [4.78, 5) is 12.5. The fourth-order valence-corrected chi connectivity index (χ4v) is 3.05. The Hall–Kier alpha value is -3.86. The van der Waals surface area contributed by atoms with Gasteiger partial charge < -0.3 is 10.1 Å². The maximum absolute atomic E-state index is 12.5. The van der Waals surface area contributed by atoms with E-state index in [2.05, 4.69) is 10.4 Å². The molecule has 0 bridgehead atoms. The Bertz CT molecular complexity index is 1120. The lowest BCUT2D eigenvalue weighted by atomic mass is 10.1. The van der Waals surface area contributed by atoms with Crippen LogP contribution in [0.15, 0.2) is 91.1 Å². The molecule has 0 aliphatic rings. The standard InChI is InChI=1S/C24H21N3O2/c1-18-9-5-7-13-21(18)24(28)25-23-15-16-27(26-23)17-19-10-6-8-14-22(19)29-20-11-3-2-4-12-20/h2-16H,17H2,1H3,(H,25,26,28). The molecule has 0 unspecified atom stereocenters. The van der Waals surface area contributed by atoms with Gasteiger partial charge in [0.1, 0.15) is 11.5 Å². The molecule has 144 valence electrons. The van der Waals surface area contributed by atoms with Crippen LogP contribution < -0.4 is 10.1 Å². The van der Waals surface area contributed by atoms with E-state index < -0.39 is 0 Å². The molecule has 1 amide bonds. The monoisotopic (exact) mass is 383 g/mol.